The van der Waals surface area contributed by atoms with Crippen molar-refractivity contribution < 1.29 is 18.6 Å². The quantitative estimate of drug-likeness (QED) is 0.542. The third kappa shape index (κ3) is 4.80. The van der Waals surface area contributed by atoms with Gasteiger partial charge in [-0.05, 0) is 64.7 Å². The lowest BCUT2D eigenvalue weighted by Gasteiger charge is -2.33. The van der Waals surface area contributed by atoms with E-state index in [0.29, 0.717) is 41.5 Å². The van der Waals surface area contributed by atoms with Crippen molar-refractivity contribution >= 4 is 22.8 Å². The number of fused-ring (bicyclic) bond motifs is 2. The Balaban J connectivity index is 1.21. The van der Waals surface area contributed by atoms with Gasteiger partial charge in [-0.2, -0.15) is 10.1 Å². The summed E-state index contributed by atoms with van der Waals surface area (Å²) >= 11 is 0. The summed E-state index contributed by atoms with van der Waals surface area (Å²) in [6.07, 6.45) is 9.06. The molecule has 1 saturated heterocycles. The number of halogens is 2. The summed E-state index contributed by atoms with van der Waals surface area (Å²) in [6.45, 7) is 1.67. The predicted octanol–water partition coefficient (Wildman–Crippen LogP) is 0.374. The lowest BCUT2D eigenvalue weighted by molar-refractivity contribution is -0.763. The summed E-state index contributed by atoms with van der Waals surface area (Å²) < 4.78 is 30.5. The highest BCUT2D eigenvalue weighted by atomic mass is 19.2. The fourth-order valence-corrected chi connectivity index (χ4v) is 6.07. The van der Waals surface area contributed by atoms with Crippen molar-refractivity contribution in [3.05, 3.63) is 63.1 Å². The van der Waals surface area contributed by atoms with Gasteiger partial charge in [-0.15, -0.1) is 0 Å². The van der Waals surface area contributed by atoms with Gasteiger partial charge in [0, 0.05) is 30.4 Å². The van der Waals surface area contributed by atoms with Crippen LogP contribution in [0.1, 0.15) is 50.6 Å². The first kappa shape index (κ1) is 25.6. The first-order valence-electron chi connectivity index (χ1n) is 13.4. The maximum absolute atomic E-state index is 14.1. The van der Waals surface area contributed by atoms with Crippen LogP contribution in [0.25, 0.3) is 11.0 Å². The Morgan fingerprint density at radius 3 is 2.54 bits per heavy atom. The van der Waals surface area contributed by atoms with Crippen molar-refractivity contribution in [2.24, 2.45) is 4.99 Å². The Kier molecular flexibility index (Phi) is 6.63. The zero-order chi connectivity index (χ0) is 27.3. The number of pyridine rings is 1. The van der Waals surface area contributed by atoms with E-state index in [0.717, 1.165) is 32.1 Å². The molecule has 6 rings (SSSR count). The monoisotopic (exact) mass is 541 g/mol. The highest BCUT2D eigenvalue weighted by Gasteiger charge is 2.33. The van der Waals surface area contributed by atoms with Crippen LogP contribution in [0.4, 0.5) is 8.87 Å². The van der Waals surface area contributed by atoms with E-state index in [-0.39, 0.29) is 47.4 Å². The van der Waals surface area contributed by atoms with Crippen LogP contribution < -0.4 is 21.5 Å². The zero-order valence-corrected chi connectivity index (χ0v) is 21.6. The van der Waals surface area contributed by atoms with Crippen LogP contribution in [0, 0.1) is 5.82 Å². The molecule has 1 atom stereocenters. The Labute approximate surface area is 222 Å². The van der Waals surface area contributed by atoms with E-state index in [2.05, 4.69) is 20.2 Å². The van der Waals surface area contributed by atoms with Crippen molar-refractivity contribution in [3.8, 4) is 0 Å². The van der Waals surface area contributed by atoms with Crippen molar-refractivity contribution in [3.63, 3.8) is 0 Å². The molecule has 1 aliphatic carbocycles. The van der Waals surface area contributed by atoms with Gasteiger partial charge < -0.3 is 10.2 Å². The number of nitrogens with one attached hydrogen (secondary N) is 2. The fourth-order valence-electron chi connectivity index (χ4n) is 6.07. The van der Waals surface area contributed by atoms with E-state index >= 15 is 0 Å². The second kappa shape index (κ2) is 10.1. The highest BCUT2D eigenvalue weighted by Crippen LogP contribution is 2.29. The van der Waals surface area contributed by atoms with Crippen LogP contribution in [0.3, 0.4) is 0 Å². The van der Waals surface area contributed by atoms with Gasteiger partial charge in [0.2, 0.25) is 5.84 Å². The second-order valence-corrected chi connectivity index (χ2v) is 10.8. The van der Waals surface area contributed by atoms with E-state index in [1.165, 1.54) is 22.9 Å². The molecule has 1 saturated carbocycles. The Hall–Kier alpha value is -3.71. The summed E-state index contributed by atoms with van der Waals surface area (Å²) in [6, 6.07) is 0.524. The largest absolute Gasteiger partial charge is 0.348 e. The van der Waals surface area contributed by atoms with Gasteiger partial charge in [0.05, 0.1) is 11.6 Å². The predicted molar refractivity (Wildman–Crippen MR) is 139 cm³/mol. The topological polar surface area (TPSA) is 109 Å². The third-order valence-corrected chi connectivity index (χ3v) is 8.20. The molecule has 5 heterocycles. The molecule has 39 heavy (non-hydrogen) atoms. The average molecular weight is 542 g/mol. The molecule has 3 aliphatic heterocycles. The van der Waals surface area contributed by atoms with Gasteiger partial charge in [0.25, 0.3) is 11.5 Å². The van der Waals surface area contributed by atoms with Crippen LogP contribution in [0.5, 0.6) is 0 Å². The number of hydrogen-bond donors (Lipinski definition) is 2. The lowest BCUT2D eigenvalue weighted by Crippen LogP contribution is -3.11. The van der Waals surface area contributed by atoms with Crippen LogP contribution in [0.15, 0.2) is 51.0 Å². The van der Waals surface area contributed by atoms with Gasteiger partial charge in [0.15, 0.2) is 12.4 Å². The van der Waals surface area contributed by atoms with Gasteiger partial charge in [-0.25, -0.2) is 19.1 Å². The normalized spacial score (nSPS) is 25.9. The number of amidine groups is 1. The number of piperidine rings is 1. The van der Waals surface area contributed by atoms with E-state index in [9.17, 15) is 23.3 Å². The first-order valence-corrected chi connectivity index (χ1v) is 13.4. The van der Waals surface area contributed by atoms with Gasteiger partial charge in [-0.3, -0.25) is 18.7 Å². The number of aliphatic imine (C=N–C) groups is 1. The second-order valence-electron chi connectivity index (χ2n) is 10.8. The van der Waals surface area contributed by atoms with Crippen molar-refractivity contribution in [1.82, 2.24) is 29.5 Å². The minimum atomic E-state index is -0.622. The van der Waals surface area contributed by atoms with E-state index < -0.39 is 17.1 Å². The molecule has 1 amide bonds. The molecular weight excluding hydrogens is 510 g/mol. The summed E-state index contributed by atoms with van der Waals surface area (Å²) in [4.78, 5) is 51.4. The van der Waals surface area contributed by atoms with E-state index in [1.54, 1.807) is 10.8 Å². The smallest absolute Gasteiger partial charge is 0.333 e. The number of amides is 1. The maximum Gasteiger partial charge on any atom is 0.333 e. The Morgan fingerprint density at radius 2 is 1.79 bits per heavy atom. The lowest BCUT2D eigenvalue weighted by atomic mass is 9.90. The molecule has 206 valence electrons. The van der Waals surface area contributed by atoms with Crippen LogP contribution in [-0.4, -0.2) is 68.7 Å². The number of carbonyl (C=O) groups excluding carboxylic acids is 1. The number of rotatable bonds is 4. The summed E-state index contributed by atoms with van der Waals surface area (Å²) in [5.41, 5.74) is -0.465. The molecule has 0 bridgehead atoms. The van der Waals surface area contributed by atoms with Gasteiger partial charge in [0.1, 0.15) is 17.7 Å². The molecule has 0 aromatic carbocycles. The van der Waals surface area contributed by atoms with Crippen LogP contribution in [-0.2, 0) is 4.79 Å². The fraction of sp³-hybridized carbons (Fsp3) is 0.500. The first-order chi connectivity index (χ1) is 18.8. The van der Waals surface area contributed by atoms with E-state index in [4.69, 9.17) is 0 Å². The highest BCUT2D eigenvalue weighted by molar-refractivity contribution is 5.99. The van der Waals surface area contributed by atoms with Crippen molar-refractivity contribution in [2.75, 3.05) is 26.8 Å². The summed E-state index contributed by atoms with van der Waals surface area (Å²) in [7, 11) is 2.03. The summed E-state index contributed by atoms with van der Waals surface area (Å²) in [5, 5.41) is 3.64. The molecule has 2 aromatic rings. The molecule has 0 radical (unpaired) electrons. The Bertz CT molecular complexity index is 1510. The van der Waals surface area contributed by atoms with Gasteiger partial charge >= 0.3 is 5.69 Å². The van der Waals surface area contributed by atoms with E-state index in [1.807, 2.05) is 7.05 Å². The number of likely N-dealkylation sites (tertiary alicyclic amines) is 1. The number of quaternary nitrogens is 1. The molecule has 2 fully saturated rings. The summed E-state index contributed by atoms with van der Waals surface area (Å²) in [5.74, 6) is -0.371. The third-order valence-electron chi connectivity index (χ3n) is 8.20. The standard InChI is InChI=1S/C26H30F2N8O3/c1-32-9-6-19(7-10-32)35-23-20(12-16(27)13-29-23)25(38)36(26(35)39)18-4-2-17(3-5-18)30-24(37)21-14-33-15-34(28)11-8-22(33)31-21/h8,11-14,17-19H,2-7,9-10,15H2,1H3,(H,30,37)/p+1. The van der Waals surface area contributed by atoms with Gasteiger partial charge in [-0.1, -0.05) is 4.48 Å². The molecule has 2 aromatic heterocycles. The minimum absolute atomic E-state index is 0.0479. The number of aromatic nitrogens is 3. The molecule has 11 nitrogen and oxygen atoms in total. The van der Waals surface area contributed by atoms with Crippen LogP contribution in [0.2, 0.25) is 0 Å². The number of carbonyl (C=O) groups is 1. The maximum atomic E-state index is 14.1. The molecule has 1 unspecified atom stereocenters. The minimum Gasteiger partial charge on any atom is -0.348 e. The molecule has 4 aliphatic rings. The Morgan fingerprint density at radius 1 is 1.08 bits per heavy atom. The zero-order valence-electron chi connectivity index (χ0n) is 21.6. The SMILES string of the molecule is CN1CCC(n2c(=O)n(C3CCC(NC(=O)C4=C[NH+]5CN(F)C=CC5=N4)CC3)c(=O)c3cc(F)cnc32)CC1. The molecule has 0 spiro atoms. The average Bonchev–Trinajstić information content (AvgIpc) is 3.35. The van der Waals surface area contributed by atoms with Crippen molar-refractivity contribution in [1.29, 1.82) is 0 Å². The molecule has 2 N–H and O–H groups in total. The van der Waals surface area contributed by atoms with Crippen LogP contribution >= 0.6 is 0 Å². The molecule has 13 heteroatoms. The molecular formula is C26H31F2N8O3+. The number of hydrogen-bond acceptors (Lipinski definition) is 7. The van der Waals surface area contributed by atoms with Crippen molar-refractivity contribution in [2.45, 2.75) is 56.7 Å². The number of nitrogens with zero attached hydrogens (tertiary/aromatic N) is 6.